The van der Waals surface area contributed by atoms with Crippen molar-refractivity contribution in [2.45, 2.75) is 19.9 Å². The number of benzene rings is 2. The van der Waals surface area contributed by atoms with E-state index in [0.717, 1.165) is 28.9 Å². The first-order valence-electron chi connectivity index (χ1n) is 11.8. The SMILES string of the molecule is COc1ccc2cc1OCC(=O)NCc1cc(C(=O)N(C)CCc3scnc3C)cc(c1)-n1ccnc1-2. The highest BCUT2D eigenvalue weighted by Crippen LogP contribution is 2.33. The van der Waals surface area contributed by atoms with Crippen LogP contribution in [0.5, 0.6) is 11.5 Å². The molecule has 0 fully saturated rings. The molecular weight excluding hydrogens is 490 g/mol. The van der Waals surface area contributed by atoms with Gasteiger partial charge in [0.15, 0.2) is 18.1 Å². The average Bonchev–Trinajstić information content (AvgIpc) is 3.57. The fourth-order valence-electron chi connectivity index (χ4n) is 4.24. The second-order valence-electron chi connectivity index (χ2n) is 8.78. The Labute approximate surface area is 218 Å². The molecule has 0 saturated heterocycles. The topological polar surface area (TPSA) is 98.6 Å². The van der Waals surface area contributed by atoms with Crippen molar-refractivity contribution in [1.29, 1.82) is 0 Å². The number of amides is 2. The summed E-state index contributed by atoms with van der Waals surface area (Å²) in [6, 6.07) is 11.1. The molecule has 1 aliphatic rings. The summed E-state index contributed by atoms with van der Waals surface area (Å²) in [4.78, 5) is 37.7. The number of ether oxygens (including phenoxy) is 2. The zero-order chi connectivity index (χ0) is 25.9. The Bertz CT molecular complexity index is 1460. The van der Waals surface area contributed by atoms with E-state index in [1.807, 2.05) is 47.5 Å². The van der Waals surface area contributed by atoms with Gasteiger partial charge in [-0.25, -0.2) is 9.97 Å². The highest BCUT2D eigenvalue weighted by atomic mass is 32.1. The summed E-state index contributed by atoms with van der Waals surface area (Å²) in [6.45, 7) is 2.63. The van der Waals surface area contributed by atoms with Gasteiger partial charge in [0.1, 0.15) is 5.82 Å². The van der Waals surface area contributed by atoms with E-state index >= 15 is 0 Å². The molecule has 0 spiro atoms. The van der Waals surface area contributed by atoms with Gasteiger partial charge in [-0.05, 0) is 48.9 Å². The number of aryl methyl sites for hydroxylation is 1. The number of methoxy groups -OCH3 is 1. The van der Waals surface area contributed by atoms with Crippen LogP contribution in [0.2, 0.25) is 0 Å². The lowest BCUT2D eigenvalue weighted by Crippen LogP contribution is -2.30. The van der Waals surface area contributed by atoms with E-state index < -0.39 is 0 Å². The van der Waals surface area contributed by atoms with E-state index in [2.05, 4.69) is 15.3 Å². The zero-order valence-electron chi connectivity index (χ0n) is 20.9. The Morgan fingerprint density at radius 3 is 2.89 bits per heavy atom. The maximum Gasteiger partial charge on any atom is 0.258 e. The van der Waals surface area contributed by atoms with Crippen molar-refractivity contribution >= 4 is 23.2 Å². The molecule has 2 amide bonds. The van der Waals surface area contributed by atoms with Crippen molar-refractivity contribution in [3.8, 4) is 28.6 Å². The number of fused-ring (bicyclic) bond motifs is 7. The summed E-state index contributed by atoms with van der Waals surface area (Å²) in [6.07, 6.45) is 4.31. The first-order valence-corrected chi connectivity index (χ1v) is 12.7. The number of carbonyl (C=O) groups is 2. The van der Waals surface area contributed by atoms with Crippen LogP contribution in [0.15, 0.2) is 54.3 Å². The molecule has 0 radical (unpaired) electrons. The van der Waals surface area contributed by atoms with Gasteiger partial charge in [-0.3, -0.25) is 14.2 Å². The lowest BCUT2D eigenvalue weighted by molar-refractivity contribution is -0.123. The molecule has 190 valence electrons. The quantitative estimate of drug-likeness (QED) is 0.434. The largest absolute Gasteiger partial charge is 0.493 e. The fraction of sp³-hybridized carbons (Fsp3) is 0.259. The minimum absolute atomic E-state index is 0.0994. The summed E-state index contributed by atoms with van der Waals surface area (Å²) in [5, 5.41) is 2.88. The molecule has 0 saturated carbocycles. The predicted molar refractivity (Wildman–Crippen MR) is 140 cm³/mol. The summed E-state index contributed by atoms with van der Waals surface area (Å²) < 4.78 is 13.1. The summed E-state index contributed by atoms with van der Waals surface area (Å²) in [5.74, 6) is 1.27. The van der Waals surface area contributed by atoms with Crippen LogP contribution < -0.4 is 14.8 Å². The third kappa shape index (κ3) is 5.19. The molecule has 4 aromatic rings. The van der Waals surface area contributed by atoms with Crippen molar-refractivity contribution in [3.63, 3.8) is 0 Å². The fourth-order valence-corrected chi connectivity index (χ4v) is 5.02. The number of rotatable bonds is 5. The zero-order valence-corrected chi connectivity index (χ0v) is 21.7. The van der Waals surface area contributed by atoms with E-state index in [0.29, 0.717) is 29.4 Å². The molecule has 10 heteroatoms. The van der Waals surface area contributed by atoms with Gasteiger partial charge in [0.2, 0.25) is 0 Å². The van der Waals surface area contributed by atoms with Gasteiger partial charge in [0, 0.05) is 60.6 Å². The highest BCUT2D eigenvalue weighted by Gasteiger charge is 2.19. The highest BCUT2D eigenvalue weighted by molar-refractivity contribution is 7.09. The van der Waals surface area contributed by atoms with Crippen LogP contribution >= 0.6 is 11.3 Å². The third-order valence-corrected chi connectivity index (χ3v) is 7.27. The first-order chi connectivity index (χ1) is 17.9. The van der Waals surface area contributed by atoms with E-state index in [-0.39, 0.29) is 25.0 Å². The number of carbonyl (C=O) groups excluding carboxylic acids is 2. The molecule has 37 heavy (non-hydrogen) atoms. The molecule has 1 aliphatic heterocycles. The van der Waals surface area contributed by atoms with Crippen molar-refractivity contribution in [2.75, 3.05) is 27.3 Å². The molecule has 2 aromatic heterocycles. The minimum atomic E-state index is -0.278. The number of likely N-dealkylation sites (N-methyl/N-ethyl adjacent to an activating group) is 1. The number of thiazole rings is 1. The lowest BCUT2D eigenvalue weighted by atomic mass is 10.1. The lowest BCUT2D eigenvalue weighted by Gasteiger charge is -2.19. The number of nitrogens with zero attached hydrogens (tertiary/aromatic N) is 4. The molecule has 5 rings (SSSR count). The second-order valence-corrected chi connectivity index (χ2v) is 9.72. The molecular formula is C27H27N5O4S. The molecule has 0 aliphatic carbocycles. The van der Waals surface area contributed by atoms with Gasteiger partial charge >= 0.3 is 0 Å². The number of hydrogen-bond donors (Lipinski definition) is 1. The molecule has 2 aromatic carbocycles. The Hall–Kier alpha value is -4.18. The molecule has 0 atom stereocenters. The summed E-state index contributed by atoms with van der Waals surface area (Å²) in [7, 11) is 3.35. The Kier molecular flexibility index (Phi) is 6.91. The monoisotopic (exact) mass is 517 g/mol. The third-order valence-electron chi connectivity index (χ3n) is 6.28. The van der Waals surface area contributed by atoms with E-state index in [1.165, 1.54) is 4.88 Å². The van der Waals surface area contributed by atoms with Gasteiger partial charge in [0.25, 0.3) is 11.8 Å². The van der Waals surface area contributed by atoms with Crippen LogP contribution in [0, 0.1) is 6.92 Å². The van der Waals surface area contributed by atoms with Crippen molar-refractivity contribution in [3.05, 3.63) is 76.0 Å². The maximum absolute atomic E-state index is 13.5. The number of aromatic nitrogens is 3. The maximum atomic E-state index is 13.5. The molecule has 9 nitrogen and oxygen atoms in total. The van der Waals surface area contributed by atoms with E-state index in [1.54, 1.807) is 48.7 Å². The minimum Gasteiger partial charge on any atom is -0.493 e. The van der Waals surface area contributed by atoms with Gasteiger partial charge in [0.05, 0.1) is 18.3 Å². The van der Waals surface area contributed by atoms with Gasteiger partial charge in [-0.2, -0.15) is 0 Å². The average molecular weight is 518 g/mol. The van der Waals surface area contributed by atoms with Crippen LogP contribution in [0.3, 0.4) is 0 Å². The predicted octanol–water partition coefficient (Wildman–Crippen LogP) is 3.64. The van der Waals surface area contributed by atoms with Crippen LogP contribution in [0.4, 0.5) is 0 Å². The van der Waals surface area contributed by atoms with Crippen LogP contribution in [-0.4, -0.2) is 58.6 Å². The van der Waals surface area contributed by atoms with E-state index in [4.69, 9.17) is 9.47 Å². The molecule has 4 bridgehead atoms. The van der Waals surface area contributed by atoms with Gasteiger partial charge in [-0.1, -0.05) is 0 Å². The van der Waals surface area contributed by atoms with Crippen LogP contribution in [0.25, 0.3) is 17.1 Å². The summed E-state index contributed by atoms with van der Waals surface area (Å²) >= 11 is 1.60. The van der Waals surface area contributed by atoms with Crippen LogP contribution in [0.1, 0.15) is 26.5 Å². The van der Waals surface area contributed by atoms with Crippen LogP contribution in [-0.2, 0) is 17.8 Å². The first kappa shape index (κ1) is 24.5. The standard InChI is InChI=1S/C27H27N5O4S/c1-17-24(37-16-30-17)6-8-31(2)27(34)20-10-18-11-21(12-20)32-9-7-28-26(32)19-4-5-22(35-3)23(13-19)36-15-25(33)29-14-18/h4-5,7,9-13,16H,6,8,14-15H2,1-3H3,(H,29,33). The van der Waals surface area contributed by atoms with Crippen molar-refractivity contribution in [1.82, 2.24) is 24.8 Å². The van der Waals surface area contributed by atoms with Crippen molar-refractivity contribution in [2.24, 2.45) is 0 Å². The Balaban J connectivity index is 1.52. The number of hydrogen-bond acceptors (Lipinski definition) is 7. The number of imidazole rings is 1. The van der Waals surface area contributed by atoms with Crippen molar-refractivity contribution < 1.29 is 19.1 Å². The Morgan fingerprint density at radius 2 is 2.11 bits per heavy atom. The van der Waals surface area contributed by atoms with E-state index in [9.17, 15) is 9.59 Å². The summed E-state index contributed by atoms with van der Waals surface area (Å²) in [5.41, 5.74) is 5.72. The molecule has 1 N–H and O–H groups in total. The molecule has 0 unspecified atom stereocenters. The second kappa shape index (κ2) is 10.4. The molecule has 3 heterocycles. The normalized spacial score (nSPS) is 12.8. The Morgan fingerprint density at radius 1 is 1.24 bits per heavy atom. The smallest absolute Gasteiger partial charge is 0.258 e. The van der Waals surface area contributed by atoms with Gasteiger partial charge in [-0.15, -0.1) is 11.3 Å². The van der Waals surface area contributed by atoms with Gasteiger partial charge < -0.3 is 19.7 Å². The number of nitrogens with one attached hydrogen (secondary N) is 1.